The minimum absolute atomic E-state index is 0.235. The highest BCUT2D eigenvalue weighted by atomic mass is 16.4. The van der Waals surface area contributed by atoms with E-state index in [1.165, 1.54) is 5.57 Å². The molecule has 2 nitrogen and oxygen atoms in total. The predicted molar refractivity (Wildman–Crippen MR) is 62.4 cm³/mol. The van der Waals surface area contributed by atoms with Crippen LogP contribution in [-0.2, 0) is 0 Å². The van der Waals surface area contributed by atoms with E-state index in [0.29, 0.717) is 5.56 Å². The first-order chi connectivity index (χ1) is 7.77. The molecule has 0 amide bonds. The van der Waals surface area contributed by atoms with Gasteiger partial charge in [-0.3, -0.25) is 0 Å². The highest BCUT2D eigenvalue weighted by molar-refractivity contribution is 5.94. The third-order valence-electron chi connectivity index (χ3n) is 3.10. The topological polar surface area (TPSA) is 37.3 Å². The highest BCUT2D eigenvalue weighted by Gasteiger charge is 2.23. The highest BCUT2D eigenvalue weighted by Crippen LogP contribution is 2.38. The van der Waals surface area contributed by atoms with Gasteiger partial charge in [-0.05, 0) is 22.8 Å². The molecule has 3 rings (SSSR count). The van der Waals surface area contributed by atoms with E-state index >= 15 is 0 Å². The minimum atomic E-state index is -0.865. The van der Waals surface area contributed by atoms with Gasteiger partial charge in [0.1, 0.15) is 0 Å². The Morgan fingerprint density at radius 2 is 2.12 bits per heavy atom. The molecule has 0 saturated heterocycles. The van der Waals surface area contributed by atoms with Gasteiger partial charge < -0.3 is 5.11 Å². The van der Waals surface area contributed by atoms with Gasteiger partial charge in [0.15, 0.2) is 0 Å². The molecule has 78 valence electrons. The predicted octanol–water partition coefficient (Wildman–Crippen LogP) is 2.99. The van der Waals surface area contributed by atoms with Crippen molar-refractivity contribution in [3.05, 3.63) is 64.8 Å². The molecule has 0 fully saturated rings. The van der Waals surface area contributed by atoms with Gasteiger partial charge in [-0.2, -0.15) is 0 Å². The minimum Gasteiger partial charge on any atom is -0.478 e. The maximum absolute atomic E-state index is 11.1. The van der Waals surface area contributed by atoms with Crippen LogP contribution in [0.4, 0.5) is 0 Å². The van der Waals surface area contributed by atoms with Crippen LogP contribution in [-0.4, -0.2) is 11.1 Å². The van der Waals surface area contributed by atoms with Crippen LogP contribution in [0.15, 0.2) is 48.1 Å². The Balaban J connectivity index is 2.25. The van der Waals surface area contributed by atoms with E-state index in [0.717, 1.165) is 11.1 Å². The summed E-state index contributed by atoms with van der Waals surface area (Å²) >= 11 is 0. The van der Waals surface area contributed by atoms with E-state index < -0.39 is 5.97 Å². The first kappa shape index (κ1) is 9.16. The van der Waals surface area contributed by atoms with Crippen LogP contribution < -0.4 is 0 Å². The number of carboxylic acids is 1. The van der Waals surface area contributed by atoms with Crippen LogP contribution in [0.1, 0.15) is 27.4 Å². The number of carbonyl (C=O) groups is 1. The quantitative estimate of drug-likeness (QED) is 0.773. The van der Waals surface area contributed by atoms with Crippen molar-refractivity contribution in [2.75, 3.05) is 0 Å². The second-order valence-corrected chi connectivity index (χ2v) is 3.98. The molecule has 0 radical (unpaired) electrons. The van der Waals surface area contributed by atoms with E-state index in [9.17, 15) is 4.79 Å². The number of benzene rings is 1. The van der Waals surface area contributed by atoms with Crippen molar-refractivity contribution >= 4 is 12.0 Å². The largest absolute Gasteiger partial charge is 0.478 e. The lowest BCUT2D eigenvalue weighted by atomic mass is 9.83. The molecule has 16 heavy (non-hydrogen) atoms. The smallest absolute Gasteiger partial charge is 0.336 e. The van der Waals surface area contributed by atoms with Crippen LogP contribution in [0.2, 0.25) is 0 Å². The number of hydrogen-bond acceptors (Lipinski definition) is 1. The maximum atomic E-state index is 11.1. The van der Waals surface area contributed by atoms with Gasteiger partial charge in [-0.25, -0.2) is 4.79 Å². The molecular formula is C14H10O2. The standard InChI is InChI=1S/C14H10O2/c15-14(16)13-6-2-5-11-10-4-1-3-9(10)7-8-12(11)13/h1-8,10H,(H,15,16). The molecule has 0 aromatic heterocycles. The maximum Gasteiger partial charge on any atom is 0.336 e. The fraction of sp³-hybridized carbons (Fsp3) is 0.0714. The molecule has 2 aliphatic carbocycles. The van der Waals surface area contributed by atoms with E-state index in [-0.39, 0.29) is 5.92 Å². The van der Waals surface area contributed by atoms with Crippen LogP contribution >= 0.6 is 0 Å². The van der Waals surface area contributed by atoms with Gasteiger partial charge in [0.25, 0.3) is 0 Å². The van der Waals surface area contributed by atoms with Crippen molar-refractivity contribution < 1.29 is 9.90 Å². The average molecular weight is 210 g/mol. The SMILES string of the molecule is O=C(O)c1cccc2c1C=CC1=CC=CC12. The van der Waals surface area contributed by atoms with Crippen LogP contribution in [0.3, 0.4) is 0 Å². The van der Waals surface area contributed by atoms with E-state index in [1.807, 2.05) is 30.4 Å². The Labute approximate surface area is 93.2 Å². The molecule has 0 aliphatic heterocycles. The van der Waals surface area contributed by atoms with Gasteiger partial charge in [-0.15, -0.1) is 0 Å². The average Bonchev–Trinajstić information content (AvgIpc) is 2.76. The Morgan fingerprint density at radius 3 is 2.94 bits per heavy atom. The van der Waals surface area contributed by atoms with Gasteiger partial charge >= 0.3 is 5.97 Å². The monoisotopic (exact) mass is 210 g/mol. The van der Waals surface area contributed by atoms with Gasteiger partial charge in [0, 0.05) is 5.92 Å². The lowest BCUT2D eigenvalue weighted by Crippen LogP contribution is -2.08. The summed E-state index contributed by atoms with van der Waals surface area (Å²) in [5.41, 5.74) is 3.54. The van der Waals surface area contributed by atoms with Gasteiger partial charge in [0.05, 0.1) is 5.56 Å². The van der Waals surface area contributed by atoms with Crippen molar-refractivity contribution in [2.45, 2.75) is 5.92 Å². The lowest BCUT2D eigenvalue weighted by Gasteiger charge is -2.20. The fourth-order valence-corrected chi connectivity index (χ4v) is 2.34. The van der Waals surface area contributed by atoms with Crippen molar-refractivity contribution in [1.29, 1.82) is 0 Å². The van der Waals surface area contributed by atoms with Crippen molar-refractivity contribution in [1.82, 2.24) is 0 Å². The Bertz CT molecular complexity index is 562. The lowest BCUT2D eigenvalue weighted by molar-refractivity contribution is 0.0696. The third-order valence-corrected chi connectivity index (χ3v) is 3.10. The zero-order valence-corrected chi connectivity index (χ0v) is 8.55. The first-order valence-electron chi connectivity index (χ1n) is 5.20. The van der Waals surface area contributed by atoms with Crippen LogP contribution in [0, 0.1) is 0 Å². The molecule has 1 N–H and O–H groups in total. The van der Waals surface area contributed by atoms with E-state index in [2.05, 4.69) is 12.2 Å². The van der Waals surface area contributed by atoms with Crippen molar-refractivity contribution in [3.63, 3.8) is 0 Å². The summed E-state index contributed by atoms with van der Waals surface area (Å²) in [4.78, 5) is 11.1. The molecular weight excluding hydrogens is 200 g/mol. The summed E-state index contributed by atoms with van der Waals surface area (Å²) < 4.78 is 0. The zero-order chi connectivity index (χ0) is 11.1. The molecule has 1 aromatic rings. The van der Waals surface area contributed by atoms with Crippen molar-refractivity contribution in [2.24, 2.45) is 0 Å². The zero-order valence-electron chi connectivity index (χ0n) is 8.55. The normalized spacial score (nSPS) is 20.2. The number of aromatic carboxylic acids is 1. The van der Waals surface area contributed by atoms with Gasteiger partial charge in [-0.1, -0.05) is 42.5 Å². The van der Waals surface area contributed by atoms with Crippen molar-refractivity contribution in [3.8, 4) is 0 Å². The number of allylic oxidation sites excluding steroid dienone is 5. The molecule has 1 unspecified atom stereocenters. The summed E-state index contributed by atoms with van der Waals surface area (Å²) in [6, 6.07) is 5.46. The second kappa shape index (κ2) is 3.20. The van der Waals surface area contributed by atoms with E-state index in [4.69, 9.17) is 5.11 Å². The molecule has 0 bridgehead atoms. The fourth-order valence-electron chi connectivity index (χ4n) is 2.34. The Kier molecular flexibility index (Phi) is 1.83. The van der Waals surface area contributed by atoms with Crippen LogP contribution in [0.25, 0.3) is 6.08 Å². The number of fused-ring (bicyclic) bond motifs is 3. The molecule has 1 atom stereocenters. The molecule has 2 heteroatoms. The molecule has 0 spiro atoms. The second-order valence-electron chi connectivity index (χ2n) is 3.98. The third kappa shape index (κ3) is 1.16. The summed E-state index contributed by atoms with van der Waals surface area (Å²) in [6.45, 7) is 0. The summed E-state index contributed by atoms with van der Waals surface area (Å²) in [7, 11) is 0. The summed E-state index contributed by atoms with van der Waals surface area (Å²) in [6.07, 6.45) is 10.1. The number of rotatable bonds is 1. The molecule has 0 saturated carbocycles. The Morgan fingerprint density at radius 1 is 1.25 bits per heavy atom. The molecule has 0 heterocycles. The van der Waals surface area contributed by atoms with Gasteiger partial charge in [0.2, 0.25) is 0 Å². The number of hydrogen-bond donors (Lipinski definition) is 1. The molecule has 1 aromatic carbocycles. The first-order valence-corrected chi connectivity index (χ1v) is 5.20. The number of carboxylic acid groups (broad SMARTS) is 1. The summed E-state index contributed by atoms with van der Waals surface area (Å²) in [5, 5.41) is 9.11. The van der Waals surface area contributed by atoms with E-state index in [1.54, 1.807) is 6.07 Å². The van der Waals surface area contributed by atoms with Crippen LogP contribution in [0.5, 0.6) is 0 Å². The Hall–Kier alpha value is -2.09. The summed E-state index contributed by atoms with van der Waals surface area (Å²) in [5.74, 6) is -0.629. The molecule has 2 aliphatic rings.